The summed E-state index contributed by atoms with van der Waals surface area (Å²) in [4.78, 5) is 31.7. The molecule has 4 rings (SSSR count). The van der Waals surface area contributed by atoms with Crippen molar-refractivity contribution in [3.05, 3.63) is 47.8 Å². The number of rotatable bonds is 5. The van der Waals surface area contributed by atoms with E-state index >= 15 is 0 Å². The van der Waals surface area contributed by atoms with Gasteiger partial charge in [-0.25, -0.2) is 8.42 Å². The van der Waals surface area contributed by atoms with Crippen LogP contribution in [0.4, 0.5) is 5.69 Å². The minimum atomic E-state index is -3.91. The molecule has 0 atom stereocenters. The van der Waals surface area contributed by atoms with E-state index < -0.39 is 10.0 Å². The van der Waals surface area contributed by atoms with Gasteiger partial charge in [0.15, 0.2) is 0 Å². The minimum absolute atomic E-state index is 0.0154. The molecule has 2 aliphatic heterocycles. The van der Waals surface area contributed by atoms with Gasteiger partial charge in [-0.05, 0) is 42.9 Å². The lowest BCUT2D eigenvalue weighted by molar-refractivity contribution is -0.118. The van der Waals surface area contributed by atoms with Crippen molar-refractivity contribution in [3.8, 4) is 0 Å². The molecule has 0 bridgehead atoms. The van der Waals surface area contributed by atoms with Crippen LogP contribution in [0.2, 0.25) is 0 Å². The topological polar surface area (TPSA) is 93.8 Å². The normalized spacial score (nSPS) is 17.3. The van der Waals surface area contributed by atoms with Gasteiger partial charge in [0.05, 0.1) is 6.54 Å². The molecule has 9 heteroatoms. The summed E-state index contributed by atoms with van der Waals surface area (Å²) in [5.41, 5.74) is 2.17. The second kappa shape index (κ2) is 8.47. The highest BCUT2D eigenvalue weighted by atomic mass is 32.2. The summed E-state index contributed by atoms with van der Waals surface area (Å²) in [5, 5.41) is 0. The quantitative estimate of drug-likeness (QED) is 0.764. The fourth-order valence-corrected chi connectivity index (χ4v) is 5.28. The lowest BCUT2D eigenvalue weighted by atomic mass is 9.99. The molecule has 0 radical (unpaired) electrons. The van der Waals surface area contributed by atoms with Crippen LogP contribution in [0.3, 0.4) is 0 Å². The van der Waals surface area contributed by atoms with Crippen molar-refractivity contribution >= 4 is 27.5 Å². The van der Waals surface area contributed by atoms with Crippen molar-refractivity contribution in [2.24, 2.45) is 5.92 Å². The number of aromatic amines is 1. The summed E-state index contributed by atoms with van der Waals surface area (Å²) in [7, 11) is -2.52. The number of para-hydroxylation sites is 1. The van der Waals surface area contributed by atoms with Gasteiger partial charge in [-0.2, -0.15) is 4.31 Å². The van der Waals surface area contributed by atoms with Gasteiger partial charge in [0.1, 0.15) is 10.6 Å². The molecule has 1 aromatic heterocycles. The highest BCUT2D eigenvalue weighted by molar-refractivity contribution is 7.89. The van der Waals surface area contributed by atoms with Crippen LogP contribution in [0.15, 0.2) is 41.4 Å². The molecule has 31 heavy (non-hydrogen) atoms. The molecule has 3 heterocycles. The van der Waals surface area contributed by atoms with Gasteiger partial charge in [0.25, 0.3) is 5.91 Å². The number of sulfonamides is 1. The Morgan fingerprint density at radius 1 is 1.16 bits per heavy atom. The Morgan fingerprint density at radius 2 is 1.87 bits per heavy atom. The molecule has 0 saturated carbocycles. The number of nitrogens with zero attached hydrogens (tertiary/aromatic N) is 3. The molecule has 8 nitrogen and oxygen atoms in total. The standard InChI is InChI=1S/C22H28N4O4S/c1-16-7-10-25(11-8-16)22(28)19-13-18(14-23-19)31(29,30)24(2)15-21(27)26-12-9-17-5-3-4-6-20(17)26/h3-6,13-14,16,23H,7-12,15H2,1-2H3. The molecule has 2 amide bonds. The number of aromatic nitrogens is 1. The third-order valence-electron chi connectivity index (χ3n) is 6.21. The number of nitrogens with one attached hydrogen (secondary N) is 1. The van der Waals surface area contributed by atoms with Crippen LogP contribution < -0.4 is 4.90 Å². The van der Waals surface area contributed by atoms with Crippen molar-refractivity contribution < 1.29 is 18.0 Å². The summed E-state index contributed by atoms with van der Waals surface area (Å²) in [5.74, 6) is 0.128. The lowest BCUT2D eigenvalue weighted by Gasteiger charge is -2.29. The van der Waals surface area contributed by atoms with E-state index in [1.54, 1.807) is 9.80 Å². The number of anilines is 1. The minimum Gasteiger partial charge on any atom is -0.356 e. The Morgan fingerprint density at radius 3 is 2.61 bits per heavy atom. The van der Waals surface area contributed by atoms with Crippen LogP contribution in [0.5, 0.6) is 0 Å². The molecular weight excluding hydrogens is 416 g/mol. The van der Waals surface area contributed by atoms with Crippen LogP contribution >= 0.6 is 0 Å². The first kappa shape index (κ1) is 21.6. The average molecular weight is 445 g/mol. The molecule has 0 spiro atoms. The first-order valence-electron chi connectivity index (χ1n) is 10.6. The molecule has 2 aliphatic rings. The van der Waals surface area contributed by atoms with Crippen LogP contribution in [0.25, 0.3) is 0 Å². The van der Waals surface area contributed by atoms with Crippen molar-refractivity contribution in [2.45, 2.75) is 31.1 Å². The van der Waals surface area contributed by atoms with Crippen molar-refractivity contribution in [1.82, 2.24) is 14.2 Å². The second-order valence-corrected chi connectivity index (χ2v) is 10.5. The SMILES string of the molecule is CC1CCN(C(=O)c2cc(S(=O)(=O)N(C)CC(=O)N3CCc4ccccc43)c[nH]2)CC1. The summed E-state index contributed by atoms with van der Waals surface area (Å²) in [6.07, 6.45) is 3.97. The number of likely N-dealkylation sites (N-methyl/N-ethyl adjacent to an activating group) is 1. The molecule has 0 unspecified atom stereocenters. The molecule has 1 fully saturated rings. The highest BCUT2D eigenvalue weighted by Crippen LogP contribution is 2.28. The predicted molar refractivity (Wildman–Crippen MR) is 117 cm³/mol. The maximum absolute atomic E-state index is 13.0. The van der Waals surface area contributed by atoms with Gasteiger partial charge in [0, 0.05) is 38.6 Å². The lowest BCUT2D eigenvalue weighted by Crippen LogP contribution is -2.40. The van der Waals surface area contributed by atoms with E-state index in [0.717, 1.165) is 34.8 Å². The summed E-state index contributed by atoms with van der Waals surface area (Å²) >= 11 is 0. The fourth-order valence-electron chi connectivity index (χ4n) is 4.17. The zero-order valence-electron chi connectivity index (χ0n) is 17.9. The number of piperidine rings is 1. The van der Waals surface area contributed by atoms with E-state index in [9.17, 15) is 18.0 Å². The van der Waals surface area contributed by atoms with Crippen molar-refractivity contribution in [2.75, 3.05) is 38.1 Å². The summed E-state index contributed by atoms with van der Waals surface area (Å²) < 4.78 is 27.0. The van der Waals surface area contributed by atoms with Crippen molar-refractivity contribution in [3.63, 3.8) is 0 Å². The Balaban J connectivity index is 1.44. The molecule has 1 N–H and O–H groups in total. The number of carbonyl (C=O) groups is 2. The Bertz CT molecular complexity index is 1090. The first-order valence-corrected chi connectivity index (χ1v) is 12.0. The number of fused-ring (bicyclic) bond motifs is 1. The zero-order valence-corrected chi connectivity index (χ0v) is 18.7. The molecule has 166 valence electrons. The molecule has 1 aromatic carbocycles. The zero-order chi connectivity index (χ0) is 22.2. The Kier molecular flexibility index (Phi) is 5.90. The maximum atomic E-state index is 13.0. The summed E-state index contributed by atoms with van der Waals surface area (Å²) in [6.45, 7) is 3.79. The number of hydrogen-bond donors (Lipinski definition) is 1. The van der Waals surface area contributed by atoms with Crippen LogP contribution in [0.1, 0.15) is 35.8 Å². The van der Waals surface area contributed by atoms with Gasteiger partial charge in [-0.3, -0.25) is 9.59 Å². The number of likely N-dealkylation sites (tertiary alicyclic amines) is 1. The first-order chi connectivity index (χ1) is 14.8. The van der Waals surface area contributed by atoms with E-state index in [-0.39, 0.29) is 28.9 Å². The van der Waals surface area contributed by atoms with Crippen LogP contribution in [-0.2, 0) is 21.2 Å². The molecule has 0 aliphatic carbocycles. The largest absolute Gasteiger partial charge is 0.356 e. The van der Waals surface area contributed by atoms with E-state index in [1.165, 1.54) is 19.3 Å². The number of H-pyrrole nitrogens is 1. The third-order valence-corrected chi connectivity index (χ3v) is 7.99. The average Bonchev–Trinajstić information content (AvgIpc) is 3.41. The number of hydrogen-bond acceptors (Lipinski definition) is 4. The van der Waals surface area contributed by atoms with Gasteiger partial charge in [-0.15, -0.1) is 0 Å². The van der Waals surface area contributed by atoms with E-state index in [1.807, 2.05) is 24.3 Å². The Labute approximate surface area is 182 Å². The molecule has 2 aromatic rings. The number of carbonyl (C=O) groups excluding carboxylic acids is 2. The van der Waals surface area contributed by atoms with Crippen LogP contribution in [-0.4, -0.2) is 67.6 Å². The van der Waals surface area contributed by atoms with Gasteiger partial charge >= 0.3 is 0 Å². The summed E-state index contributed by atoms with van der Waals surface area (Å²) in [6, 6.07) is 9.01. The maximum Gasteiger partial charge on any atom is 0.270 e. The smallest absolute Gasteiger partial charge is 0.270 e. The van der Waals surface area contributed by atoms with Gasteiger partial charge in [-0.1, -0.05) is 25.1 Å². The van der Waals surface area contributed by atoms with E-state index in [2.05, 4.69) is 11.9 Å². The number of amides is 2. The van der Waals surface area contributed by atoms with Crippen molar-refractivity contribution in [1.29, 1.82) is 0 Å². The molecule has 1 saturated heterocycles. The predicted octanol–water partition coefficient (Wildman–Crippen LogP) is 2.10. The van der Waals surface area contributed by atoms with Gasteiger partial charge in [0.2, 0.25) is 15.9 Å². The number of benzene rings is 1. The molecular formula is C22H28N4O4S. The van der Waals surface area contributed by atoms with E-state index in [4.69, 9.17) is 0 Å². The van der Waals surface area contributed by atoms with E-state index in [0.29, 0.717) is 25.6 Å². The van der Waals surface area contributed by atoms with Gasteiger partial charge < -0.3 is 14.8 Å². The second-order valence-electron chi connectivity index (χ2n) is 8.41. The van der Waals surface area contributed by atoms with Crippen LogP contribution in [0, 0.1) is 5.92 Å². The fraction of sp³-hybridized carbons (Fsp3) is 0.455. The third kappa shape index (κ3) is 4.24. The highest BCUT2D eigenvalue weighted by Gasteiger charge is 2.30. The Hall–Kier alpha value is -2.65. The monoisotopic (exact) mass is 444 g/mol.